The second-order valence-electron chi connectivity index (χ2n) is 3.47. The number of ketones is 1. The Morgan fingerprint density at radius 2 is 2.17 bits per heavy atom. The van der Waals surface area contributed by atoms with Crippen molar-refractivity contribution in [2.24, 2.45) is 0 Å². The highest BCUT2D eigenvalue weighted by atomic mass is 79.9. The fourth-order valence-electron chi connectivity index (χ4n) is 1.29. The molecule has 3 nitrogen and oxygen atoms in total. The minimum absolute atomic E-state index is 0.0527. The van der Waals surface area contributed by atoms with Crippen LogP contribution in [0, 0.1) is 5.82 Å². The third kappa shape index (κ3) is 4.07. The summed E-state index contributed by atoms with van der Waals surface area (Å²) in [7, 11) is 0. The third-order valence-corrected chi connectivity index (χ3v) is 3.19. The molecule has 0 N–H and O–H groups in total. The number of Topliss-reactive ketones (excluding diaryl/α,β-unsaturated/α-hetero) is 1. The first-order valence-corrected chi connectivity index (χ1v) is 6.54. The number of ether oxygens (including phenoxy) is 1. The van der Waals surface area contributed by atoms with Crippen molar-refractivity contribution in [3.8, 4) is 0 Å². The summed E-state index contributed by atoms with van der Waals surface area (Å²) in [5.74, 6) is -1.54. The Morgan fingerprint density at radius 1 is 1.50 bits per heavy atom. The van der Waals surface area contributed by atoms with E-state index in [1.165, 1.54) is 12.1 Å². The summed E-state index contributed by atoms with van der Waals surface area (Å²) in [5, 5.41) is -0.0527. The molecule has 0 bridgehead atoms. The average molecular weight is 338 g/mol. The van der Waals surface area contributed by atoms with Crippen molar-refractivity contribution in [3.63, 3.8) is 0 Å². The van der Waals surface area contributed by atoms with E-state index < -0.39 is 22.4 Å². The van der Waals surface area contributed by atoms with Gasteiger partial charge in [-0.25, -0.2) is 4.39 Å². The van der Waals surface area contributed by atoms with Gasteiger partial charge in [0, 0.05) is 5.56 Å². The fourth-order valence-corrected chi connectivity index (χ4v) is 1.94. The maximum atomic E-state index is 13.2. The number of benzene rings is 1. The van der Waals surface area contributed by atoms with Gasteiger partial charge < -0.3 is 4.74 Å². The van der Waals surface area contributed by atoms with Crippen LogP contribution in [0.3, 0.4) is 0 Å². The van der Waals surface area contributed by atoms with Gasteiger partial charge in [-0.15, -0.1) is 0 Å². The molecule has 1 aromatic carbocycles. The Morgan fingerprint density at radius 3 is 2.72 bits per heavy atom. The van der Waals surface area contributed by atoms with Crippen LogP contribution in [0.1, 0.15) is 23.7 Å². The first kappa shape index (κ1) is 15.1. The lowest BCUT2D eigenvalue weighted by molar-refractivity contribution is -0.142. The molecule has 0 heterocycles. The summed E-state index contributed by atoms with van der Waals surface area (Å²) in [4.78, 5) is 22.4. The van der Waals surface area contributed by atoms with Crippen LogP contribution in [-0.2, 0) is 9.53 Å². The summed E-state index contributed by atoms with van der Waals surface area (Å²) >= 11 is 8.61. The topological polar surface area (TPSA) is 43.4 Å². The summed E-state index contributed by atoms with van der Waals surface area (Å²) < 4.78 is 17.9. The molecule has 0 saturated heterocycles. The van der Waals surface area contributed by atoms with Crippen LogP contribution < -0.4 is 0 Å². The highest BCUT2D eigenvalue weighted by Crippen LogP contribution is 2.19. The van der Waals surface area contributed by atoms with Crippen LogP contribution >= 0.6 is 27.5 Å². The number of esters is 1. The Bertz CT molecular complexity index is 465. The zero-order chi connectivity index (χ0) is 13.7. The van der Waals surface area contributed by atoms with Crippen molar-refractivity contribution in [2.45, 2.75) is 18.2 Å². The van der Waals surface area contributed by atoms with Crippen molar-refractivity contribution in [2.75, 3.05) is 6.61 Å². The zero-order valence-electron chi connectivity index (χ0n) is 9.58. The minimum atomic E-state index is -0.739. The highest BCUT2D eigenvalue weighted by Gasteiger charge is 2.21. The van der Waals surface area contributed by atoms with E-state index in [9.17, 15) is 14.0 Å². The molecule has 1 atom stereocenters. The Balaban J connectivity index is 2.74. The molecule has 0 aliphatic rings. The zero-order valence-corrected chi connectivity index (χ0v) is 11.9. The molecule has 0 spiro atoms. The second kappa shape index (κ2) is 6.85. The standard InChI is InChI=1S/C12H11BrClFO3/c1-2-18-11(16)6-8(13)12(17)7-3-4-9(14)10(15)5-7/h3-5,8H,2,6H2,1H3. The van der Waals surface area contributed by atoms with Gasteiger partial charge in [-0.05, 0) is 25.1 Å². The van der Waals surface area contributed by atoms with Gasteiger partial charge in [0.2, 0.25) is 0 Å². The Hall–Kier alpha value is -0.940. The monoisotopic (exact) mass is 336 g/mol. The van der Waals surface area contributed by atoms with Crippen molar-refractivity contribution in [1.82, 2.24) is 0 Å². The molecular weight excluding hydrogens is 326 g/mol. The van der Waals surface area contributed by atoms with Gasteiger partial charge in [0.25, 0.3) is 0 Å². The molecular formula is C12H11BrClFO3. The lowest BCUT2D eigenvalue weighted by atomic mass is 10.1. The number of halogens is 3. The molecule has 0 radical (unpaired) electrons. The number of alkyl halides is 1. The van der Waals surface area contributed by atoms with Crippen LogP contribution in [0.2, 0.25) is 5.02 Å². The van der Waals surface area contributed by atoms with Crippen molar-refractivity contribution in [1.29, 1.82) is 0 Å². The van der Waals surface area contributed by atoms with E-state index in [1.807, 2.05) is 0 Å². The highest BCUT2D eigenvalue weighted by molar-refractivity contribution is 9.10. The molecule has 0 aliphatic carbocycles. The van der Waals surface area contributed by atoms with Gasteiger partial charge in [-0.3, -0.25) is 9.59 Å². The van der Waals surface area contributed by atoms with E-state index in [0.29, 0.717) is 0 Å². The van der Waals surface area contributed by atoms with Gasteiger partial charge in [0.05, 0.1) is 22.9 Å². The van der Waals surface area contributed by atoms with Crippen LogP contribution in [-0.4, -0.2) is 23.2 Å². The minimum Gasteiger partial charge on any atom is -0.466 e. The average Bonchev–Trinajstić information content (AvgIpc) is 2.32. The molecule has 1 aromatic rings. The smallest absolute Gasteiger partial charge is 0.307 e. The molecule has 1 unspecified atom stereocenters. The molecule has 0 amide bonds. The molecule has 0 saturated carbocycles. The number of carbonyl (C=O) groups excluding carboxylic acids is 2. The van der Waals surface area contributed by atoms with Crippen LogP contribution in [0.4, 0.5) is 4.39 Å². The van der Waals surface area contributed by atoms with Gasteiger partial charge in [-0.2, -0.15) is 0 Å². The van der Waals surface area contributed by atoms with E-state index in [-0.39, 0.29) is 23.6 Å². The fraction of sp³-hybridized carbons (Fsp3) is 0.333. The quantitative estimate of drug-likeness (QED) is 0.470. The second-order valence-corrected chi connectivity index (χ2v) is 4.98. The van der Waals surface area contributed by atoms with E-state index in [4.69, 9.17) is 16.3 Å². The van der Waals surface area contributed by atoms with Crippen molar-refractivity contribution < 1.29 is 18.7 Å². The predicted molar refractivity (Wildman–Crippen MR) is 69.7 cm³/mol. The van der Waals surface area contributed by atoms with Crippen molar-refractivity contribution >= 4 is 39.3 Å². The molecule has 0 aliphatic heterocycles. The van der Waals surface area contributed by atoms with Gasteiger partial charge in [0.15, 0.2) is 5.78 Å². The SMILES string of the molecule is CCOC(=O)CC(Br)C(=O)c1ccc(Cl)c(F)c1. The van der Waals surface area contributed by atoms with Crippen LogP contribution in [0.25, 0.3) is 0 Å². The van der Waals surface area contributed by atoms with Gasteiger partial charge in [0.1, 0.15) is 5.82 Å². The molecule has 0 fully saturated rings. The van der Waals surface area contributed by atoms with Crippen LogP contribution in [0.15, 0.2) is 18.2 Å². The first-order chi connectivity index (χ1) is 8.45. The molecule has 0 aromatic heterocycles. The number of rotatable bonds is 5. The Kier molecular flexibility index (Phi) is 5.75. The van der Waals surface area contributed by atoms with E-state index in [2.05, 4.69) is 15.9 Å². The molecule has 18 heavy (non-hydrogen) atoms. The lowest BCUT2D eigenvalue weighted by Gasteiger charge is -2.08. The van der Waals surface area contributed by atoms with Gasteiger partial charge >= 0.3 is 5.97 Å². The normalized spacial score (nSPS) is 12.0. The predicted octanol–water partition coefficient (Wildman–Crippen LogP) is 3.38. The number of carbonyl (C=O) groups is 2. The maximum absolute atomic E-state index is 13.2. The Labute approximate surface area is 117 Å². The summed E-state index contributed by atoms with van der Waals surface area (Å²) in [6.07, 6.45) is -0.100. The number of hydrogen-bond acceptors (Lipinski definition) is 3. The van der Waals surface area contributed by atoms with Crippen LogP contribution in [0.5, 0.6) is 0 Å². The first-order valence-electron chi connectivity index (χ1n) is 5.24. The maximum Gasteiger partial charge on any atom is 0.307 e. The number of hydrogen-bond donors (Lipinski definition) is 0. The summed E-state index contributed by atoms with van der Waals surface area (Å²) in [6.45, 7) is 1.93. The van der Waals surface area contributed by atoms with E-state index in [1.54, 1.807) is 6.92 Å². The van der Waals surface area contributed by atoms with E-state index >= 15 is 0 Å². The van der Waals surface area contributed by atoms with Gasteiger partial charge in [-0.1, -0.05) is 27.5 Å². The van der Waals surface area contributed by atoms with Crippen molar-refractivity contribution in [3.05, 3.63) is 34.6 Å². The summed E-state index contributed by atoms with van der Waals surface area (Å²) in [5.41, 5.74) is 0.156. The summed E-state index contributed by atoms with van der Waals surface area (Å²) in [6, 6.07) is 3.76. The molecule has 1 rings (SSSR count). The van der Waals surface area contributed by atoms with E-state index in [0.717, 1.165) is 6.07 Å². The largest absolute Gasteiger partial charge is 0.466 e. The molecule has 6 heteroatoms. The molecule has 98 valence electrons. The third-order valence-electron chi connectivity index (χ3n) is 2.14. The lowest BCUT2D eigenvalue weighted by Crippen LogP contribution is -2.20.